The highest BCUT2D eigenvalue weighted by atomic mass is 19.3. The van der Waals surface area contributed by atoms with Gasteiger partial charge in [-0.3, -0.25) is 10.1 Å². The third-order valence-corrected chi connectivity index (χ3v) is 7.11. The molecule has 4 aromatic rings. The van der Waals surface area contributed by atoms with Gasteiger partial charge in [0, 0.05) is 6.54 Å². The molecule has 1 aliphatic rings. The molecule has 3 amide bonds. The number of carbonyl (C=O) groups excluding carboxylic acids is 3. The van der Waals surface area contributed by atoms with Crippen molar-refractivity contribution in [2.24, 2.45) is 11.1 Å². The van der Waals surface area contributed by atoms with Crippen molar-refractivity contribution in [3.8, 4) is 5.75 Å². The van der Waals surface area contributed by atoms with Crippen LogP contribution < -0.4 is 20.7 Å². The predicted octanol–water partition coefficient (Wildman–Crippen LogP) is 7.61. The van der Waals surface area contributed by atoms with Gasteiger partial charge in [-0.05, 0) is 55.0 Å². The van der Waals surface area contributed by atoms with Crippen molar-refractivity contribution in [3.05, 3.63) is 89.5 Å². The van der Waals surface area contributed by atoms with Gasteiger partial charge < -0.3 is 24.9 Å². The van der Waals surface area contributed by atoms with Gasteiger partial charge in [-0.25, -0.2) is 27.9 Å². The topological polar surface area (TPSA) is 145 Å². The zero-order valence-corrected chi connectivity index (χ0v) is 29.3. The van der Waals surface area contributed by atoms with E-state index >= 15 is 0 Å². The summed E-state index contributed by atoms with van der Waals surface area (Å²) < 4.78 is 63.8. The van der Waals surface area contributed by atoms with Crippen LogP contribution in [0, 0.1) is 17.6 Å². The number of oxime groups is 1. The van der Waals surface area contributed by atoms with Crippen LogP contribution in [0.3, 0.4) is 0 Å². The van der Waals surface area contributed by atoms with Crippen molar-refractivity contribution >= 4 is 40.8 Å². The number of unbranched alkanes of at least 4 members (excludes halogenated alkanes) is 1. The number of hydrogen-bond donors (Lipinski definition) is 3. The second-order valence-electron chi connectivity index (χ2n) is 11.0. The van der Waals surface area contributed by atoms with Crippen LogP contribution in [-0.2, 0) is 20.8 Å². The number of nitrogens with one attached hydrogen (secondary N) is 3. The van der Waals surface area contributed by atoms with Gasteiger partial charge in [-0.2, -0.15) is 8.78 Å². The molecule has 280 valence electrons. The lowest BCUT2D eigenvalue weighted by Crippen LogP contribution is -2.34. The fourth-order valence-corrected chi connectivity index (χ4v) is 4.44. The van der Waals surface area contributed by atoms with Crippen LogP contribution in [0.4, 0.5) is 33.1 Å². The van der Waals surface area contributed by atoms with Crippen molar-refractivity contribution in [1.29, 1.82) is 0 Å². The molecule has 0 aliphatic heterocycles. The Balaban J connectivity index is 0.000000280. The lowest BCUT2D eigenvalue weighted by molar-refractivity contribution is -0.119. The molecule has 5 rings (SSSR count). The summed E-state index contributed by atoms with van der Waals surface area (Å²) in [6, 6.07) is 17.0. The molecule has 52 heavy (non-hydrogen) atoms. The fraction of sp³-hybridized carbons (Fsp3) is 0.361. The number of amides is 3. The van der Waals surface area contributed by atoms with Crippen molar-refractivity contribution in [3.63, 3.8) is 0 Å². The number of benzene rings is 3. The number of alkyl halides is 2. The van der Waals surface area contributed by atoms with E-state index in [0.29, 0.717) is 29.2 Å². The average molecular weight is 731 g/mol. The van der Waals surface area contributed by atoms with E-state index in [-0.39, 0.29) is 30.9 Å². The number of fused-ring (bicyclic) bond motifs is 1. The minimum atomic E-state index is -3.28. The van der Waals surface area contributed by atoms with Gasteiger partial charge in [0.15, 0.2) is 17.5 Å². The largest absolute Gasteiger partial charge is 0.453 e. The number of hydrogen-bond acceptors (Lipinski definition) is 8. The van der Waals surface area contributed by atoms with Gasteiger partial charge in [0.2, 0.25) is 11.9 Å². The van der Waals surface area contributed by atoms with E-state index in [2.05, 4.69) is 35.6 Å². The number of aromatic nitrogens is 2. The molecule has 1 heterocycles. The van der Waals surface area contributed by atoms with E-state index in [9.17, 15) is 31.9 Å². The molecule has 3 aromatic carbocycles. The molecule has 0 bridgehead atoms. The van der Waals surface area contributed by atoms with E-state index in [1.165, 1.54) is 11.7 Å². The van der Waals surface area contributed by atoms with Crippen LogP contribution in [0.25, 0.3) is 11.0 Å². The Labute approximate surface area is 298 Å². The third-order valence-electron chi connectivity index (χ3n) is 7.11. The maximum atomic E-state index is 14.5. The third kappa shape index (κ3) is 12.3. The normalized spacial score (nSPS) is 12.1. The SMILES string of the molecule is CC.CCCCNC(=O)n1c(NC(=O)OC)nc2ccccc21.O=C(Cc1ccccc1)N/C(=N\OCC1CC1)c1c(OC(F)F)ccc(F)c1F. The highest BCUT2D eigenvalue weighted by Gasteiger charge is 2.26. The van der Waals surface area contributed by atoms with Crippen LogP contribution in [-0.4, -0.2) is 60.3 Å². The fourth-order valence-electron chi connectivity index (χ4n) is 4.44. The first-order valence-electron chi connectivity index (χ1n) is 16.7. The summed E-state index contributed by atoms with van der Waals surface area (Å²) in [4.78, 5) is 45.4. The number of rotatable bonds is 12. The first-order chi connectivity index (χ1) is 25.1. The van der Waals surface area contributed by atoms with Crippen molar-refractivity contribution in [1.82, 2.24) is 20.2 Å². The van der Waals surface area contributed by atoms with E-state index in [1.807, 2.05) is 32.9 Å². The Morgan fingerprint density at radius 3 is 2.35 bits per heavy atom. The van der Waals surface area contributed by atoms with E-state index in [4.69, 9.17) is 4.84 Å². The van der Waals surface area contributed by atoms with Gasteiger partial charge >= 0.3 is 18.7 Å². The predicted molar refractivity (Wildman–Crippen MR) is 187 cm³/mol. The lowest BCUT2D eigenvalue weighted by atomic mass is 10.1. The maximum absolute atomic E-state index is 14.5. The number of ether oxygens (including phenoxy) is 2. The van der Waals surface area contributed by atoms with Crippen molar-refractivity contribution in [2.75, 3.05) is 25.6 Å². The van der Waals surface area contributed by atoms with Crippen LogP contribution in [0.2, 0.25) is 0 Å². The zero-order chi connectivity index (χ0) is 38.0. The smallest absolute Gasteiger partial charge is 0.413 e. The molecule has 0 radical (unpaired) electrons. The Morgan fingerprint density at radius 2 is 1.69 bits per heavy atom. The minimum absolute atomic E-state index is 0.0928. The van der Waals surface area contributed by atoms with E-state index < -0.39 is 47.4 Å². The standard InChI is InChI=1S/C20H18F4N2O3.C14H18N4O3.C2H6/c21-14-8-9-15(29-20(23)24)17(18(14)22)19(26-28-11-13-6-7-13)25-16(27)10-12-4-2-1-3-5-12;1-3-4-9-15-13(19)18-11-8-6-5-7-10(11)16-12(18)17-14(20)21-2;1-2/h1-5,8-9,13,20H,6-7,10-11H2,(H,25,26,27);5-8H,3-4,9H2,1-2H3,(H,15,19)(H,16,17,20);1-2H3. The summed E-state index contributed by atoms with van der Waals surface area (Å²) in [5.41, 5.74) is 1.15. The van der Waals surface area contributed by atoms with E-state index in [1.54, 1.807) is 42.5 Å². The van der Waals surface area contributed by atoms with Gasteiger partial charge in [0.25, 0.3) is 0 Å². The van der Waals surface area contributed by atoms with Crippen LogP contribution in [0.5, 0.6) is 5.75 Å². The first-order valence-corrected chi connectivity index (χ1v) is 16.7. The lowest BCUT2D eigenvalue weighted by Gasteiger charge is -2.15. The van der Waals surface area contributed by atoms with E-state index in [0.717, 1.165) is 31.7 Å². The summed E-state index contributed by atoms with van der Waals surface area (Å²) in [6.07, 6.45) is 2.99. The molecule has 0 atom stereocenters. The summed E-state index contributed by atoms with van der Waals surface area (Å²) in [5, 5.41) is 11.2. The van der Waals surface area contributed by atoms with Crippen molar-refractivity contribution < 1.29 is 46.3 Å². The average Bonchev–Trinajstić information content (AvgIpc) is 3.89. The van der Waals surface area contributed by atoms with Crippen LogP contribution in [0.15, 0.2) is 71.9 Å². The zero-order valence-electron chi connectivity index (χ0n) is 29.3. The summed E-state index contributed by atoms with van der Waals surface area (Å²) in [7, 11) is 1.25. The Morgan fingerprint density at radius 1 is 1.00 bits per heavy atom. The molecular weight excluding hydrogens is 688 g/mol. The first kappa shape index (κ1) is 40.8. The number of imidazole rings is 1. The molecule has 0 saturated heterocycles. The minimum Gasteiger partial charge on any atom is -0.453 e. The van der Waals surface area contributed by atoms with Crippen LogP contribution >= 0.6 is 0 Å². The number of anilines is 1. The molecule has 3 N–H and O–H groups in total. The molecule has 1 aliphatic carbocycles. The number of halogens is 4. The molecule has 16 heteroatoms. The highest BCUT2D eigenvalue weighted by Crippen LogP contribution is 2.30. The number of carbonyl (C=O) groups is 3. The number of methoxy groups -OCH3 is 1. The molecule has 12 nitrogen and oxygen atoms in total. The molecule has 0 spiro atoms. The summed E-state index contributed by atoms with van der Waals surface area (Å²) in [5.74, 6) is -4.21. The number of amidine groups is 1. The van der Waals surface area contributed by atoms with Gasteiger partial charge in [0.1, 0.15) is 17.9 Å². The molecule has 1 fully saturated rings. The van der Waals surface area contributed by atoms with Gasteiger partial charge in [0.05, 0.1) is 24.6 Å². The summed E-state index contributed by atoms with van der Waals surface area (Å²) >= 11 is 0. The Hall–Kier alpha value is -5.67. The molecule has 0 unspecified atom stereocenters. The molecular formula is C36H42F4N6O6. The summed E-state index contributed by atoms with van der Waals surface area (Å²) in [6.45, 7) is 3.54. The monoisotopic (exact) mass is 730 g/mol. The second-order valence-corrected chi connectivity index (χ2v) is 11.0. The quantitative estimate of drug-likeness (QED) is 0.0447. The molecule has 1 saturated carbocycles. The molecule has 1 aromatic heterocycles. The maximum Gasteiger partial charge on any atom is 0.413 e. The Kier molecular flexibility index (Phi) is 16.4. The van der Waals surface area contributed by atoms with Gasteiger partial charge in [-0.15, -0.1) is 0 Å². The van der Waals surface area contributed by atoms with Crippen molar-refractivity contribution in [2.45, 2.75) is 59.5 Å². The number of para-hydroxylation sites is 2. The highest BCUT2D eigenvalue weighted by molar-refractivity contribution is 6.09. The second kappa shape index (κ2) is 20.9. The Bertz CT molecular complexity index is 1800. The van der Waals surface area contributed by atoms with Crippen LogP contribution in [0.1, 0.15) is 57.6 Å². The van der Waals surface area contributed by atoms with Gasteiger partial charge in [-0.1, -0.05) is 74.8 Å². The number of nitrogens with zero attached hydrogens (tertiary/aromatic N) is 3.